The maximum Gasteiger partial charge on any atom is 0.341 e. The standard InChI is InChI=1S/C23H26Cl2N2O6S2/c1-5-32-23(31)19-12(2)13(3)35-21(19)27-18(28)11-33-22(30)17(8-9-34-4)26-20(29)15-7-6-14(24)10-16(15)25/h6-7,10,17H,5,8-9,11H2,1-4H3,(H,26,29)(H,27,28)/t17-/m0/s1. The largest absolute Gasteiger partial charge is 0.462 e. The van der Waals surface area contributed by atoms with Crippen LogP contribution >= 0.6 is 46.3 Å². The molecule has 0 saturated carbocycles. The highest BCUT2D eigenvalue weighted by molar-refractivity contribution is 7.98. The minimum absolute atomic E-state index is 0.144. The van der Waals surface area contributed by atoms with Gasteiger partial charge in [-0.2, -0.15) is 11.8 Å². The fourth-order valence-corrected chi connectivity index (χ4v) is 4.99. The molecule has 2 amide bonds. The number of anilines is 1. The molecule has 2 rings (SSSR count). The summed E-state index contributed by atoms with van der Waals surface area (Å²) >= 11 is 14.7. The maximum atomic E-state index is 12.7. The molecule has 1 atom stereocenters. The molecule has 2 N–H and O–H groups in total. The Labute approximate surface area is 222 Å². The predicted molar refractivity (Wildman–Crippen MR) is 140 cm³/mol. The van der Waals surface area contributed by atoms with Crippen LogP contribution in [0.1, 0.15) is 44.5 Å². The Hall–Kier alpha value is -2.27. The van der Waals surface area contributed by atoms with E-state index in [4.69, 9.17) is 32.7 Å². The first-order valence-electron chi connectivity index (χ1n) is 10.6. The highest BCUT2D eigenvalue weighted by atomic mass is 35.5. The van der Waals surface area contributed by atoms with Crippen LogP contribution < -0.4 is 10.6 Å². The monoisotopic (exact) mass is 560 g/mol. The van der Waals surface area contributed by atoms with Crippen molar-refractivity contribution in [2.45, 2.75) is 33.2 Å². The van der Waals surface area contributed by atoms with Gasteiger partial charge in [0.25, 0.3) is 11.8 Å². The lowest BCUT2D eigenvalue weighted by atomic mass is 10.1. The number of amides is 2. The van der Waals surface area contributed by atoms with Crippen molar-refractivity contribution in [3.05, 3.63) is 49.8 Å². The molecule has 0 aliphatic carbocycles. The molecule has 12 heteroatoms. The maximum absolute atomic E-state index is 12.7. The van der Waals surface area contributed by atoms with E-state index in [0.717, 1.165) is 4.88 Å². The van der Waals surface area contributed by atoms with E-state index < -0.39 is 36.4 Å². The number of hydrogen-bond donors (Lipinski definition) is 2. The Morgan fingerprint density at radius 3 is 2.49 bits per heavy atom. The molecule has 1 heterocycles. The number of esters is 2. The van der Waals surface area contributed by atoms with Crippen molar-refractivity contribution < 1.29 is 28.7 Å². The summed E-state index contributed by atoms with van der Waals surface area (Å²) < 4.78 is 10.2. The van der Waals surface area contributed by atoms with Crippen LogP contribution in [0.3, 0.4) is 0 Å². The lowest BCUT2D eigenvalue weighted by Gasteiger charge is -2.18. The second-order valence-electron chi connectivity index (χ2n) is 7.30. The first-order chi connectivity index (χ1) is 16.6. The molecule has 0 spiro atoms. The molecule has 0 aliphatic rings. The van der Waals surface area contributed by atoms with Gasteiger partial charge >= 0.3 is 11.9 Å². The molecule has 0 saturated heterocycles. The quantitative estimate of drug-likeness (QED) is 0.376. The summed E-state index contributed by atoms with van der Waals surface area (Å²) in [5.74, 6) is -1.93. The molecule has 0 unspecified atom stereocenters. The van der Waals surface area contributed by atoms with Crippen LogP contribution in [0.4, 0.5) is 5.00 Å². The van der Waals surface area contributed by atoms with Crippen LogP contribution in [-0.4, -0.2) is 55.0 Å². The van der Waals surface area contributed by atoms with E-state index in [1.165, 1.54) is 41.3 Å². The number of rotatable bonds is 11. The average Bonchev–Trinajstić information content (AvgIpc) is 3.07. The molecule has 190 valence electrons. The number of hydrogen-bond acceptors (Lipinski definition) is 8. The number of ether oxygens (including phenoxy) is 2. The summed E-state index contributed by atoms with van der Waals surface area (Å²) in [6, 6.07) is 3.41. The normalized spacial score (nSPS) is 11.5. The third kappa shape index (κ3) is 8.13. The van der Waals surface area contributed by atoms with Gasteiger partial charge in [0.1, 0.15) is 11.0 Å². The van der Waals surface area contributed by atoms with Crippen LogP contribution in [0.15, 0.2) is 18.2 Å². The third-order valence-electron chi connectivity index (χ3n) is 4.84. The van der Waals surface area contributed by atoms with E-state index in [-0.39, 0.29) is 29.2 Å². The Bertz CT molecular complexity index is 1110. The summed E-state index contributed by atoms with van der Waals surface area (Å²) in [6.45, 7) is 4.88. The second-order valence-corrected chi connectivity index (χ2v) is 10.3. The van der Waals surface area contributed by atoms with Crippen LogP contribution in [0, 0.1) is 13.8 Å². The van der Waals surface area contributed by atoms with Crippen LogP contribution in [0.25, 0.3) is 0 Å². The van der Waals surface area contributed by atoms with Gasteiger partial charge in [-0.1, -0.05) is 23.2 Å². The molecule has 0 bridgehead atoms. The van der Waals surface area contributed by atoms with Gasteiger partial charge in [-0.3, -0.25) is 9.59 Å². The van der Waals surface area contributed by atoms with Crippen molar-refractivity contribution in [2.75, 3.05) is 30.5 Å². The third-order valence-corrected chi connectivity index (χ3v) is 7.15. The minimum atomic E-state index is -0.990. The number of carbonyl (C=O) groups excluding carboxylic acids is 4. The SMILES string of the molecule is CCOC(=O)c1c(NC(=O)COC(=O)[C@H](CCSC)NC(=O)c2ccc(Cl)cc2Cl)sc(C)c1C. The topological polar surface area (TPSA) is 111 Å². The van der Waals surface area contributed by atoms with Crippen molar-refractivity contribution in [1.82, 2.24) is 5.32 Å². The van der Waals surface area contributed by atoms with Crippen LogP contribution in [0.2, 0.25) is 10.0 Å². The zero-order chi connectivity index (χ0) is 26.1. The molecule has 0 aliphatic heterocycles. The number of carbonyl (C=O) groups is 4. The average molecular weight is 562 g/mol. The lowest BCUT2D eigenvalue weighted by molar-refractivity contribution is -0.149. The Kier molecular flexibility index (Phi) is 11.4. The summed E-state index contributed by atoms with van der Waals surface area (Å²) in [7, 11) is 0. The highest BCUT2D eigenvalue weighted by Crippen LogP contribution is 2.33. The van der Waals surface area contributed by atoms with E-state index >= 15 is 0 Å². The number of nitrogens with one attached hydrogen (secondary N) is 2. The molecule has 1 aromatic heterocycles. The van der Waals surface area contributed by atoms with Gasteiger partial charge in [0.05, 0.1) is 22.8 Å². The van der Waals surface area contributed by atoms with Crippen molar-refractivity contribution in [1.29, 1.82) is 0 Å². The number of thioether (sulfide) groups is 1. The molecule has 35 heavy (non-hydrogen) atoms. The summed E-state index contributed by atoms with van der Waals surface area (Å²) in [5.41, 5.74) is 1.14. The number of aryl methyl sites for hydroxylation is 1. The molecule has 0 radical (unpaired) electrons. The van der Waals surface area contributed by atoms with Crippen molar-refractivity contribution in [2.24, 2.45) is 0 Å². The minimum Gasteiger partial charge on any atom is -0.462 e. The van der Waals surface area contributed by atoms with E-state index in [1.807, 2.05) is 13.2 Å². The lowest BCUT2D eigenvalue weighted by Crippen LogP contribution is -2.43. The van der Waals surface area contributed by atoms with Gasteiger partial charge in [0.2, 0.25) is 0 Å². The highest BCUT2D eigenvalue weighted by Gasteiger charge is 2.26. The number of thiophene rings is 1. The summed E-state index contributed by atoms with van der Waals surface area (Å²) in [4.78, 5) is 50.9. The first kappa shape index (κ1) is 29.0. The predicted octanol–water partition coefficient (Wildman–Crippen LogP) is 4.88. The van der Waals surface area contributed by atoms with E-state index in [0.29, 0.717) is 21.3 Å². The molecular formula is C23H26Cl2N2O6S2. The smallest absolute Gasteiger partial charge is 0.341 e. The fraction of sp³-hybridized carbons (Fsp3) is 0.391. The van der Waals surface area contributed by atoms with Gasteiger partial charge in [-0.15, -0.1) is 11.3 Å². The molecule has 2 aromatic rings. The van der Waals surface area contributed by atoms with E-state index in [2.05, 4.69) is 10.6 Å². The number of halogens is 2. The van der Waals surface area contributed by atoms with E-state index in [9.17, 15) is 19.2 Å². The van der Waals surface area contributed by atoms with Crippen molar-refractivity contribution in [3.8, 4) is 0 Å². The Morgan fingerprint density at radius 2 is 1.86 bits per heavy atom. The van der Waals surface area contributed by atoms with Gasteiger partial charge in [0, 0.05) is 9.90 Å². The van der Waals surface area contributed by atoms with Gasteiger partial charge in [0.15, 0.2) is 6.61 Å². The summed E-state index contributed by atoms with van der Waals surface area (Å²) in [5, 5.41) is 6.05. The second kappa shape index (κ2) is 13.7. The fourth-order valence-electron chi connectivity index (χ4n) is 2.96. The van der Waals surface area contributed by atoms with Crippen LogP contribution in [0.5, 0.6) is 0 Å². The zero-order valence-corrected chi connectivity index (χ0v) is 22.8. The summed E-state index contributed by atoms with van der Waals surface area (Å²) in [6.07, 6.45) is 2.15. The zero-order valence-electron chi connectivity index (χ0n) is 19.7. The Morgan fingerprint density at radius 1 is 1.14 bits per heavy atom. The Balaban J connectivity index is 2.05. The molecular weight excluding hydrogens is 535 g/mol. The first-order valence-corrected chi connectivity index (χ1v) is 13.5. The van der Waals surface area contributed by atoms with Gasteiger partial charge < -0.3 is 20.1 Å². The molecule has 8 nitrogen and oxygen atoms in total. The number of benzene rings is 1. The molecule has 1 aromatic carbocycles. The van der Waals surface area contributed by atoms with Gasteiger partial charge in [-0.05, 0) is 63.0 Å². The van der Waals surface area contributed by atoms with E-state index in [1.54, 1.807) is 13.8 Å². The molecule has 0 fully saturated rings. The van der Waals surface area contributed by atoms with Crippen molar-refractivity contribution in [3.63, 3.8) is 0 Å². The van der Waals surface area contributed by atoms with Crippen molar-refractivity contribution >= 4 is 75.1 Å². The van der Waals surface area contributed by atoms with Gasteiger partial charge in [-0.25, -0.2) is 9.59 Å². The van der Waals surface area contributed by atoms with Crippen LogP contribution in [-0.2, 0) is 19.1 Å².